The van der Waals surface area contributed by atoms with Crippen LogP contribution in [-0.2, 0) is 6.54 Å². The normalized spacial score (nSPS) is 11.1. The number of hydrogen-bond donors (Lipinski definition) is 1. The zero-order valence-electron chi connectivity index (χ0n) is 9.00. The molecule has 2 aromatic rings. The summed E-state index contributed by atoms with van der Waals surface area (Å²) in [6.07, 6.45) is 3.24. The number of aromatic nitrogens is 2. The highest BCUT2D eigenvalue weighted by molar-refractivity contribution is 7.98. The zero-order chi connectivity index (χ0) is 11.5. The van der Waals surface area contributed by atoms with Gasteiger partial charge in [0.05, 0.1) is 16.1 Å². The van der Waals surface area contributed by atoms with Crippen molar-refractivity contribution in [2.24, 2.45) is 0 Å². The van der Waals surface area contributed by atoms with E-state index in [0.717, 1.165) is 39.5 Å². The third-order valence-corrected chi connectivity index (χ3v) is 3.82. The molecule has 0 bridgehead atoms. The van der Waals surface area contributed by atoms with Crippen LogP contribution in [0.25, 0.3) is 11.0 Å². The van der Waals surface area contributed by atoms with Gasteiger partial charge < -0.3 is 9.55 Å². The number of halogens is 1. The number of thioether (sulfide) groups is 1. The Balaban J connectivity index is 2.40. The number of aromatic amines is 1. The first-order valence-corrected chi connectivity index (χ1v) is 7.28. The lowest BCUT2D eigenvalue weighted by Gasteiger charge is -2.03. The standard InChI is InChI=1S/C11H13ClN2S2/c1-16-7-3-6-14-9-5-2-4-8(12)10(9)13-11(14)15/h2,4-5H,3,6-7H2,1H3,(H,13,15). The molecule has 0 atom stereocenters. The van der Waals surface area contributed by atoms with E-state index in [1.807, 2.05) is 30.0 Å². The van der Waals surface area contributed by atoms with Gasteiger partial charge in [0, 0.05) is 6.54 Å². The monoisotopic (exact) mass is 272 g/mol. The number of H-pyrrole nitrogens is 1. The van der Waals surface area contributed by atoms with Gasteiger partial charge in [-0.25, -0.2) is 0 Å². The fraction of sp³-hybridized carbons (Fsp3) is 0.364. The largest absolute Gasteiger partial charge is 0.329 e. The van der Waals surface area contributed by atoms with Crippen LogP contribution in [-0.4, -0.2) is 21.6 Å². The van der Waals surface area contributed by atoms with Crippen molar-refractivity contribution in [3.63, 3.8) is 0 Å². The lowest BCUT2D eigenvalue weighted by molar-refractivity contribution is 0.694. The van der Waals surface area contributed by atoms with E-state index >= 15 is 0 Å². The summed E-state index contributed by atoms with van der Waals surface area (Å²) in [6.45, 7) is 0.944. The summed E-state index contributed by atoms with van der Waals surface area (Å²) in [5, 5.41) is 0.729. The molecule has 0 amide bonds. The molecule has 1 heterocycles. The van der Waals surface area contributed by atoms with Gasteiger partial charge in [0.2, 0.25) is 0 Å². The Morgan fingerprint density at radius 2 is 2.31 bits per heavy atom. The molecule has 0 aliphatic rings. The molecule has 0 aliphatic carbocycles. The van der Waals surface area contributed by atoms with Gasteiger partial charge in [-0.15, -0.1) is 0 Å². The molecule has 2 rings (SSSR count). The summed E-state index contributed by atoms with van der Waals surface area (Å²) < 4.78 is 2.87. The molecule has 1 aromatic heterocycles. The average Bonchev–Trinajstić information content (AvgIpc) is 2.58. The predicted octanol–water partition coefficient (Wildman–Crippen LogP) is 4.11. The molecule has 0 saturated carbocycles. The van der Waals surface area contributed by atoms with Gasteiger partial charge >= 0.3 is 0 Å². The predicted molar refractivity (Wildman–Crippen MR) is 75.1 cm³/mol. The van der Waals surface area contributed by atoms with Gasteiger partial charge in [0.1, 0.15) is 0 Å². The van der Waals surface area contributed by atoms with E-state index in [1.54, 1.807) is 0 Å². The Hall–Kier alpha value is -0.450. The number of nitrogens with one attached hydrogen (secondary N) is 1. The van der Waals surface area contributed by atoms with Crippen LogP contribution in [0, 0.1) is 4.77 Å². The van der Waals surface area contributed by atoms with E-state index in [0.29, 0.717) is 0 Å². The molecule has 0 saturated heterocycles. The number of benzene rings is 1. The highest BCUT2D eigenvalue weighted by atomic mass is 35.5. The van der Waals surface area contributed by atoms with Gasteiger partial charge in [0.15, 0.2) is 4.77 Å². The SMILES string of the molecule is CSCCCn1c(=S)[nH]c2c(Cl)cccc21. The summed E-state index contributed by atoms with van der Waals surface area (Å²) in [4.78, 5) is 3.16. The molecule has 0 unspecified atom stereocenters. The fourth-order valence-electron chi connectivity index (χ4n) is 1.73. The molecule has 16 heavy (non-hydrogen) atoms. The van der Waals surface area contributed by atoms with Crippen molar-refractivity contribution in [2.75, 3.05) is 12.0 Å². The molecule has 5 heteroatoms. The van der Waals surface area contributed by atoms with E-state index in [1.165, 1.54) is 0 Å². The number of hydrogen-bond acceptors (Lipinski definition) is 2. The number of imidazole rings is 1. The Bertz CT molecular complexity index is 544. The lowest BCUT2D eigenvalue weighted by atomic mass is 10.3. The van der Waals surface area contributed by atoms with E-state index in [-0.39, 0.29) is 0 Å². The van der Waals surface area contributed by atoms with Crippen molar-refractivity contribution < 1.29 is 0 Å². The van der Waals surface area contributed by atoms with Crippen LogP contribution in [0.3, 0.4) is 0 Å². The minimum Gasteiger partial charge on any atom is -0.329 e. The number of para-hydroxylation sites is 1. The summed E-state index contributed by atoms with van der Waals surface area (Å²) in [5.74, 6) is 1.15. The van der Waals surface area contributed by atoms with E-state index < -0.39 is 0 Å². The quantitative estimate of drug-likeness (QED) is 0.668. The minimum absolute atomic E-state index is 0.729. The van der Waals surface area contributed by atoms with Crippen LogP contribution in [0.5, 0.6) is 0 Å². The average molecular weight is 273 g/mol. The van der Waals surface area contributed by atoms with Gasteiger partial charge in [0.25, 0.3) is 0 Å². The molecule has 1 N–H and O–H groups in total. The van der Waals surface area contributed by atoms with Gasteiger partial charge in [-0.3, -0.25) is 0 Å². The van der Waals surface area contributed by atoms with Crippen molar-refractivity contribution in [3.05, 3.63) is 28.0 Å². The van der Waals surface area contributed by atoms with Gasteiger partial charge in [-0.1, -0.05) is 17.7 Å². The zero-order valence-corrected chi connectivity index (χ0v) is 11.4. The van der Waals surface area contributed by atoms with Crippen molar-refractivity contribution in [1.82, 2.24) is 9.55 Å². The third-order valence-electron chi connectivity index (χ3n) is 2.49. The second-order valence-electron chi connectivity index (χ2n) is 3.56. The van der Waals surface area contributed by atoms with E-state index in [4.69, 9.17) is 23.8 Å². The van der Waals surface area contributed by atoms with Crippen LogP contribution >= 0.6 is 35.6 Å². The Kier molecular flexibility index (Phi) is 3.95. The van der Waals surface area contributed by atoms with Crippen LogP contribution in [0.4, 0.5) is 0 Å². The summed E-state index contributed by atoms with van der Waals surface area (Å²) in [5.41, 5.74) is 2.04. The molecule has 0 fully saturated rings. The molecular weight excluding hydrogens is 260 g/mol. The van der Waals surface area contributed by atoms with Crippen molar-refractivity contribution >= 4 is 46.6 Å². The third kappa shape index (κ3) is 2.29. The molecule has 2 nitrogen and oxygen atoms in total. The smallest absolute Gasteiger partial charge is 0.178 e. The maximum atomic E-state index is 6.11. The summed E-state index contributed by atoms with van der Waals surface area (Å²) >= 11 is 13.3. The number of rotatable bonds is 4. The second-order valence-corrected chi connectivity index (χ2v) is 5.34. The molecule has 0 spiro atoms. The fourth-order valence-corrected chi connectivity index (χ4v) is 2.66. The molecule has 86 valence electrons. The molecule has 1 aromatic carbocycles. The number of nitrogens with zero attached hydrogens (tertiary/aromatic N) is 1. The first kappa shape index (κ1) is 12.0. The summed E-state index contributed by atoms with van der Waals surface area (Å²) in [6, 6.07) is 5.88. The van der Waals surface area contributed by atoms with E-state index in [2.05, 4.69) is 15.8 Å². The maximum absolute atomic E-state index is 6.11. The topological polar surface area (TPSA) is 20.7 Å². The molecule has 0 aliphatic heterocycles. The van der Waals surface area contributed by atoms with Crippen LogP contribution in [0.1, 0.15) is 6.42 Å². The first-order valence-electron chi connectivity index (χ1n) is 5.10. The highest BCUT2D eigenvalue weighted by Gasteiger charge is 2.06. The van der Waals surface area contributed by atoms with Crippen molar-refractivity contribution in [2.45, 2.75) is 13.0 Å². The highest BCUT2D eigenvalue weighted by Crippen LogP contribution is 2.22. The van der Waals surface area contributed by atoms with Crippen LogP contribution in [0.2, 0.25) is 5.02 Å². The molecule has 0 radical (unpaired) electrons. The number of aryl methyl sites for hydroxylation is 1. The van der Waals surface area contributed by atoms with Crippen LogP contribution in [0.15, 0.2) is 18.2 Å². The second kappa shape index (κ2) is 5.25. The van der Waals surface area contributed by atoms with Gasteiger partial charge in [-0.2, -0.15) is 11.8 Å². The first-order chi connectivity index (χ1) is 7.74. The minimum atomic E-state index is 0.729. The maximum Gasteiger partial charge on any atom is 0.178 e. The lowest BCUT2D eigenvalue weighted by Crippen LogP contribution is -1.98. The Morgan fingerprint density at radius 1 is 1.50 bits per heavy atom. The number of fused-ring (bicyclic) bond motifs is 1. The Labute approximate surface area is 109 Å². The Morgan fingerprint density at radius 3 is 3.06 bits per heavy atom. The van der Waals surface area contributed by atoms with Crippen molar-refractivity contribution in [3.8, 4) is 0 Å². The van der Waals surface area contributed by atoms with Crippen LogP contribution < -0.4 is 0 Å². The van der Waals surface area contributed by atoms with E-state index in [9.17, 15) is 0 Å². The van der Waals surface area contributed by atoms with Gasteiger partial charge in [-0.05, 0) is 42.8 Å². The summed E-state index contributed by atoms with van der Waals surface area (Å²) in [7, 11) is 0. The molecular formula is C11H13ClN2S2. The van der Waals surface area contributed by atoms with Crippen molar-refractivity contribution in [1.29, 1.82) is 0 Å².